The van der Waals surface area contributed by atoms with Crippen LogP contribution in [0.2, 0.25) is 0 Å². The van der Waals surface area contributed by atoms with Gasteiger partial charge < -0.3 is 9.88 Å². The van der Waals surface area contributed by atoms with Crippen LogP contribution in [-0.4, -0.2) is 25.2 Å². The molecule has 1 aromatic carbocycles. The minimum Gasteiger partial charge on any atom is -0.348 e. The van der Waals surface area contributed by atoms with Gasteiger partial charge in [-0.05, 0) is 19.1 Å². The largest absolute Gasteiger partial charge is 0.348 e. The maximum atomic E-state index is 13.8. The Morgan fingerprint density at radius 1 is 1.39 bits per heavy atom. The number of imidazole rings is 1. The number of para-hydroxylation sites is 1. The van der Waals surface area contributed by atoms with Crippen LogP contribution in [0.25, 0.3) is 5.69 Å². The third kappa shape index (κ3) is 3.45. The van der Waals surface area contributed by atoms with E-state index in [0.717, 1.165) is 5.56 Å². The first-order valence-corrected chi connectivity index (χ1v) is 7.18. The quantitative estimate of drug-likeness (QED) is 0.784. The highest BCUT2D eigenvalue weighted by Gasteiger charge is 2.13. The number of rotatable bonds is 5. The second kappa shape index (κ2) is 6.43. The molecule has 2 heterocycles. The molecular weight excluding hydrogens is 297 g/mol. The predicted molar refractivity (Wildman–Crippen MR) is 82.3 cm³/mol. The molecule has 1 N–H and O–H groups in total. The summed E-state index contributed by atoms with van der Waals surface area (Å²) in [5, 5.41) is 7.04. The van der Waals surface area contributed by atoms with Crippen molar-refractivity contribution in [2.45, 2.75) is 19.5 Å². The Kier molecular flexibility index (Phi) is 4.18. The van der Waals surface area contributed by atoms with Crippen LogP contribution in [-0.2, 0) is 11.3 Å². The molecule has 0 fully saturated rings. The van der Waals surface area contributed by atoms with Crippen molar-refractivity contribution in [1.82, 2.24) is 24.6 Å². The number of nitrogens with one attached hydrogen (secondary N) is 1. The second-order valence-electron chi connectivity index (χ2n) is 5.19. The first-order valence-electron chi connectivity index (χ1n) is 7.18. The molecule has 6 nitrogen and oxygen atoms in total. The molecule has 0 spiro atoms. The topological polar surface area (TPSA) is 64.7 Å². The van der Waals surface area contributed by atoms with Crippen molar-refractivity contribution < 1.29 is 9.18 Å². The summed E-state index contributed by atoms with van der Waals surface area (Å²) in [6, 6.07) is 6.17. The van der Waals surface area contributed by atoms with Gasteiger partial charge >= 0.3 is 0 Å². The van der Waals surface area contributed by atoms with E-state index in [-0.39, 0.29) is 24.3 Å². The van der Waals surface area contributed by atoms with Gasteiger partial charge in [0.25, 0.3) is 0 Å². The molecule has 7 heteroatoms. The Hall–Kier alpha value is -2.96. The number of hydrogen-bond donors (Lipinski definition) is 1. The minimum atomic E-state index is -0.348. The zero-order valence-corrected chi connectivity index (χ0v) is 12.6. The van der Waals surface area contributed by atoms with E-state index in [4.69, 9.17) is 0 Å². The molecule has 3 aromatic rings. The Balaban J connectivity index is 1.68. The van der Waals surface area contributed by atoms with Gasteiger partial charge in [0.15, 0.2) is 0 Å². The van der Waals surface area contributed by atoms with Crippen molar-refractivity contribution in [3.05, 3.63) is 66.8 Å². The smallest absolute Gasteiger partial charge is 0.240 e. The van der Waals surface area contributed by atoms with Gasteiger partial charge in [0.05, 0.1) is 18.6 Å². The Morgan fingerprint density at radius 3 is 2.96 bits per heavy atom. The fraction of sp³-hybridized carbons (Fsp3) is 0.188. The Morgan fingerprint density at radius 2 is 2.22 bits per heavy atom. The molecule has 23 heavy (non-hydrogen) atoms. The SMILES string of the molecule is C[C@@H](NC(=O)Cn1ccnc1)c1cnn(-c2ccccc2F)c1. The van der Waals surface area contributed by atoms with Crippen LogP contribution in [0.4, 0.5) is 4.39 Å². The van der Waals surface area contributed by atoms with E-state index < -0.39 is 0 Å². The normalized spacial score (nSPS) is 12.1. The fourth-order valence-electron chi connectivity index (χ4n) is 2.25. The fourth-order valence-corrected chi connectivity index (χ4v) is 2.25. The summed E-state index contributed by atoms with van der Waals surface area (Å²) >= 11 is 0. The lowest BCUT2D eigenvalue weighted by atomic mass is 10.2. The number of benzene rings is 1. The van der Waals surface area contributed by atoms with Gasteiger partial charge in [-0.25, -0.2) is 14.1 Å². The lowest BCUT2D eigenvalue weighted by Gasteiger charge is -2.12. The van der Waals surface area contributed by atoms with E-state index in [9.17, 15) is 9.18 Å². The van der Waals surface area contributed by atoms with Crippen LogP contribution >= 0.6 is 0 Å². The summed E-state index contributed by atoms with van der Waals surface area (Å²) in [6.45, 7) is 2.06. The number of hydrogen-bond acceptors (Lipinski definition) is 3. The van der Waals surface area contributed by atoms with E-state index in [1.54, 1.807) is 53.9 Å². The van der Waals surface area contributed by atoms with Crippen LogP contribution < -0.4 is 5.32 Å². The molecule has 1 amide bonds. The predicted octanol–water partition coefficient (Wildman–Crippen LogP) is 2.09. The average Bonchev–Trinajstić information content (AvgIpc) is 3.19. The number of amides is 1. The van der Waals surface area contributed by atoms with E-state index in [0.29, 0.717) is 5.69 Å². The molecule has 0 aliphatic carbocycles. The molecule has 0 saturated carbocycles. The van der Waals surface area contributed by atoms with Crippen LogP contribution in [0.1, 0.15) is 18.5 Å². The Bertz CT molecular complexity index is 796. The average molecular weight is 313 g/mol. The number of halogens is 1. The molecule has 0 radical (unpaired) electrons. The van der Waals surface area contributed by atoms with Crippen molar-refractivity contribution in [3.8, 4) is 5.69 Å². The number of aromatic nitrogens is 4. The highest BCUT2D eigenvalue weighted by Crippen LogP contribution is 2.16. The van der Waals surface area contributed by atoms with E-state index in [1.165, 1.54) is 10.7 Å². The van der Waals surface area contributed by atoms with Crippen molar-refractivity contribution >= 4 is 5.91 Å². The van der Waals surface area contributed by atoms with Gasteiger partial charge in [-0.3, -0.25) is 4.79 Å². The van der Waals surface area contributed by atoms with Crippen LogP contribution in [0, 0.1) is 5.82 Å². The van der Waals surface area contributed by atoms with Crippen molar-refractivity contribution in [1.29, 1.82) is 0 Å². The molecule has 3 rings (SSSR count). The molecule has 118 valence electrons. The van der Waals surface area contributed by atoms with Gasteiger partial charge in [-0.1, -0.05) is 12.1 Å². The maximum absolute atomic E-state index is 13.8. The number of nitrogens with zero attached hydrogens (tertiary/aromatic N) is 4. The summed E-state index contributed by atoms with van der Waals surface area (Å²) in [5.74, 6) is -0.479. The maximum Gasteiger partial charge on any atom is 0.240 e. The van der Waals surface area contributed by atoms with Crippen molar-refractivity contribution in [2.24, 2.45) is 0 Å². The highest BCUT2D eigenvalue weighted by atomic mass is 19.1. The number of carbonyl (C=O) groups is 1. The summed E-state index contributed by atoms with van der Waals surface area (Å²) in [6.07, 6.45) is 8.26. The molecule has 0 saturated heterocycles. The first-order chi connectivity index (χ1) is 11.1. The molecule has 0 bridgehead atoms. The van der Waals surface area contributed by atoms with E-state index >= 15 is 0 Å². The highest BCUT2D eigenvalue weighted by molar-refractivity contribution is 5.76. The lowest BCUT2D eigenvalue weighted by Crippen LogP contribution is -2.29. The summed E-state index contributed by atoms with van der Waals surface area (Å²) in [5.41, 5.74) is 1.17. The van der Waals surface area contributed by atoms with Crippen molar-refractivity contribution in [2.75, 3.05) is 0 Å². The van der Waals surface area contributed by atoms with Gasteiger partial charge in [0.1, 0.15) is 18.0 Å². The third-order valence-corrected chi connectivity index (χ3v) is 3.46. The molecule has 2 aromatic heterocycles. The van der Waals surface area contributed by atoms with Gasteiger partial charge in [0, 0.05) is 24.2 Å². The Labute approximate surface area is 132 Å². The molecular formula is C16H16FN5O. The monoisotopic (exact) mass is 313 g/mol. The number of carbonyl (C=O) groups excluding carboxylic acids is 1. The van der Waals surface area contributed by atoms with Crippen LogP contribution in [0.15, 0.2) is 55.4 Å². The van der Waals surface area contributed by atoms with Gasteiger partial charge in [-0.15, -0.1) is 0 Å². The standard InChI is InChI=1S/C16H16FN5O/c1-12(20-16(23)10-21-7-6-18-11-21)13-8-19-22(9-13)15-5-3-2-4-14(15)17/h2-9,11-12H,10H2,1H3,(H,20,23)/t12-/m1/s1. The zero-order valence-electron chi connectivity index (χ0n) is 12.6. The molecule has 1 atom stereocenters. The second-order valence-corrected chi connectivity index (χ2v) is 5.19. The van der Waals surface area contributed by atoms with Crippen LogP contribution in [0.5, 0.6) is 0 Å². The van der Waals surface area contributed by atoms with Crippen LogP contribution in [0.3, 0.4) is 0 Å². The van der Waals surface area contributed by atoms with E-state index in [1.807, 2.05) is 6.92 Å². The lowest BCUT2D eigenvalue weighted by molar-refractivity contribution is -0.122. The summed E-state index contributed by atoms with van der Waals surface area (Å²) in [7, 11) is 0. The molecule has 0 aliphatic heterocycles. The van der Waals surface area contributed by atoms with Gasteiger partial charge in [-0.2, -0.15) is 5.10 Å². The molecule has 0 aliphatic rings. The summed E-state index contributed by atoms with van der Waals surface area (Å²) in [4.78, 5) is 15.9. The summed E-state index contributed by atoms with van der Waals surface area (Å²) < 4.78 is 16.9. The van der Waals surface area contributed by atoms with E-state index in [2.05, 4.69) is 15.4 Å². The van der Waals surface area contributed by atoms with Crippen molar-refractivity contribution in [3.63, 3.8) is 0 Å². The molecule has 0 unspecified atom stereocenters. The van der Waals surface area contributed by atoms with Gasteiger partial charge in [0.2, 0.25) is 5.91 Å². The minimum absolute atomic E-state index is 0.130. The first kappa shape index (κ1) is 15.0. The third-order valence-electron chi connectivity index (χ3n) is 3.46. The zero-order chi connectivity index (χ0) is 16.2.